The van der Waals surface area contributed by atoms with Gasteiger partial charge in [-0.2, -0.15) is 0 Å². The summed E-state index contributed by atoms with van der Waals surface area (Å²) < 4.78 is 28.3. The van der Waals surface area contributed by atoms with Gasteiger partial charge in [0.2, 0.25) is 10.0 Å². The number of phenols is 1. The molecule has 5 N–H and O–H groups in total. The lowest BCUT2D eigenvalue weighted by Crippen LogP contribution is -2.47. The molecule has 2 aromatic carbocycles. The maximum absolute atomic E-state index is 12.9. The minimum Gasteiger partial charge on any atom is -0.507 e. The minimum absolute atomic E-state index is 0.0519. The van der Waals surface area contributed by atoms with Gasteiger partial charge in [0.1, 0.15) is 5.75 Å². The SMILES string of the molecule is CCCCCCCCS(=O)(=O)NC(CNC(=O)c1ccccc1O)C(O)c1c[nH]c2ccccc12. The zero-order chi connectivity index (χ0) is 25.3. The van der Waals surface area contributed by atoms with Crippen molar-refractivity contribution in [2.45, 2.75) is 57.6 Å². The van der Waals surface area contributed by atoms with Crippen molar-refractivity contribution < 1.29 is 23.4 Å². The van der Waals surface area contributed by atoms with Gasteiger partial charge in [-0.3, -0.25) is 4.79 Å². The van der Waals surface area contributed by atoms with Crippen LogP contribution in [0, 0.1) is 0 Å². The summed E-state index contributed by atoms with van der Waals surface area (Å²) in [6, 6.07) is 12.5. The number of hydrogen-bond acceptors (Lipinski definition) is 5. The van der Waals surface area contributed by atoms with E-state index in [1.165, 1.54) is 12.1 Å². The first-order chi connectivity index (χ1) is 16.8. The van der Waals surface area contributed by atoms with Crippen LogP contribution in [0.5, 0.6) is 5.75 Å². The summed E-state index contributed by atoms with van der Waals surface area (Å²) in [5.41, 5.74) is 1.42. The Morgan fingerprint density at radius 3 is 2.46 bits per heavy atom. The van der Waals surface area contributed by atoms with Gasteiger partial charge in [0, 0.05) is 29.2 Å². The third kappa shape index (κ3) is 7.55. The largest absolute Gasteiger partial charge is 0.507 e. The Labute approximate surface area is 206 Å². The number of unbranched alkanes of at least 4 members (excludes halogenated alkanes) is 5. The molecule has 0 aliphatic carbocycles. The molecule has 0 bridgehead atoms. The molecule has 0 aliphatic heterocycles. The highest BCUT2D eigenvalue weighted by Crippen LogP contribution is 2.26. The van der Waals surface area contributed by atoms with E-state index in [-0.39, 0.29) is 23.6 Å². The number of hydrogen-bond donors (Lipinski definition) is 5. The average Bonchev–Trinajstić information content (AvgIpc) is 3.27. The number of carbonyl (C=O) groups is 1. The van der Waals surface area contributed by atoms with E-state index in [0.29, 0.717) is 12.0 Å². The second-order valence-electron chi connectivity index (χ2n) is 8.77. The fourth-order valence-electron chi connectivity index (χ4n) is 4.10. The number of aromatic hydroxyl groups is 1. The number of sulfonamides is 1. The highest BCUT2D eigenvalue weighted by Gasteiger charge is 2.28. The number of carbonyl (C=O) groups excluding carboxylic acids is 1. The van der Waals surface area contributed by atoms with Crippen molar-refractivity contribution in [3.05, 3.63) is 65.9 Å². The van der Waals surface area contributed by atoms with Crippen LogP contribution in [0.1, 0.15) is 67.5 Å². The molecule has 2 unspecified atom stereocenters. The van der Waals surface area contributed by atoms with Gasteiger partial charge in [0.25, 0.3) is 5.91 Å². The average molecular weight is 502 g/mol. The van der Waals surface area contributed by atoms with Crippen LogP contribution >= 0.6 is 0 Å². The number of phenolic OH excluding ortho intramolecular Hbond substituents is 1. The second-order valence-corrected chi connectivity index (χ2v) is 10.6. The highest BCUT2D eigenvalue weighted by molar-refractivity contribution is 7.89. The molecule has 3 aromatic rings. The molecule has 0 spiro atoms. The normalized spacial score (nSPS) is 13.5. The number of aromatic nitrogens is 1. The summed E-state index contributed by atoms with van der Waals surface area (Å²) in [4.78, 5) is 15.7. The van der Waals surface area contributed by atoms with E-state index in [2.05, 4.69) is 21.9 Å². The molecule has 0 fully saturated rings. The summed E-state index contributed by atoms with van der Waals surface area (Å²) in [6.45, 7) is 1.97. The van der Waals surface area contributed by atoms with E-state index in [1.807, 2.05) is 24.3 Å². The Morgan fingerprint density at radius 2 is 1.69 bits per heavy atom. The van der Waals surface area contributed by atoms with Gasteiger partial charge in [-0.15, -0.1) is 0 Å². The van der Waals surface area contributed by atoms with Crippen molar-refractivity contribution >= 4 is 26.8 Å². The Kier molecular flexibility index (Phi) is 9.71. The number of para-hydroxylation sites is 2. The smallest absolute Gasteiger partial charge is 0.255 e. The number of nitrogens with one attached hydrogen (secondary N) is 3. The lowest BCUT2D eigenvalue weighted by atomic mass is 10.0. The second kappa shape index (κ2) is 12.7. The van der Waals surface area contributed by atoms with Crippen molar-refractivity contribution in [1.29, 1.82) is 0 Å². The monoisotopic (exact) mass is 501 g/mol. The summed E-state index contributed by atoms with van der Waals surface area (Å²) in [5.74, 6) is -0.791. The zero-order valence-electron chi connectivity index (χ0n) is 20.0. The first-order valence-corrected chi connectivity index (χ1v) is 13.8. The van der Waals surface area contributed by atoms with E-state index in [4.69, 9.17) is 0 Å². The molecule has 190 valence electrons. The molecule has 1 heterocycles. The van der Waals surface area contributed by atoms with E-state index in [1.54, 1.807) is 18.3 Å². The number of H-pyrrole nitrogens is 1. The number of amides is 1. The van der Waals surface area contributed by atoms with Gasteiger partial charge >= 0.3 is 0 Å². The third-order valence-corrected chi connectivity index (χ3v) is 7.54. The standard InChI is InChI=1S/C26H35N3O5S/c1-2-3-4-5-6-11-16-35(33,34)29-23(18-28-26(32)20-13-8-10-15-24(20)30)25(31)21-17-27-22-14-9-7-12-19(21)22/h7-10,12-15,17,23,25,27,29-31H,2-6,11,16,18H2,1H3,(H,28,32). The molecule has 8 nitrogen and oxygen atoms in total. The van der Waals surface area contributed by atoms with Gasteiger partial charge in [-0.1, -0.05) is 69.4 Å². The van der Waals surface area contributed by atoms with Crippen LogP contribution in [-0.4, -0.2) is 47.9 Å². The quantitative estimate of drug-likeness (QED) is 0.213. The number of rotatable bonds is 14. The molecule has 2 atom stereocenters. The van der Waals surface area contributed by atoms with Gasteiger partial charge in [0.05, 0.1) is 23.5 Å². The molecule has 3 rings (SSSR count). The van der Waals surface area contributed by atoms with Crippen molar-refractivity contribution in [2.75, 3.05) is 12.3 Å². The Morgan fingerprint density at radius 1 is 1.00 bits per heavy atom. The van der Waals surface area contributed by atoms with E-state index < -0.39 is 28.1 Å². The first-order valence-electron chi connectivity index (χ1n) is 12.1. The predicted molar refractivity (Wildman–Crippen MR) is 138 cm³/mol. The molecule has 35 heavy (non-hydrogen) atoms. The molecule has 1 amide bonds. The van der Waals surface area contributed by atoms with Crippen molar-refractivity contribution in [3.63, 3.8) is 0 Å². The van der Waals surface area contributed by atoms with Crippen LogP contribution in [0.4, 0.5) is 0 Å². The molecular weight excluding hydrogens is 466 g/mol. The molecule has 0 saturated carbocycles. The molecule has 1 aromatic heterocycles. The number of fused-ring (bicyclic) bond motifs is 1. The van der Waals surface area contributed by atoms with Crippen LogP contribution < -0.4 is 10.0 Å². The maximum atomic E-state index is 12.9. The minimum atomic E-state index is -3.70. The lowest BCUT2D eigenvalue weighted by Gasteiger charge is -2.24. The van der Waals surface area contributed by atoms with Crippen LogP contribution in [0.25, 0.3) is 10.9 Å². The Hall–Kier alpha value is -2.88. The Balaban J connectivity index is 1.73. The van der Waals surface area contributed by atoms with Gasteiger partial charge in [0.15, 0.2) is 0 Å². The topological polar surface area (TPSA) is 132 Å². The molecular formula is C26H35N3O5S. The van der Waals surface area contributed by atoms with E-state index >= 15 is 0 Å². The lowest BCUT2D eigenvalue weighted by molar-refractivity contribution is 0.0924. The summed E-state index contributed by atoms with van der Waals surface area (Å²) in [6.07, 6.45) is 6.12. The van der Waals surface area contributed by atoms with E-state index in [9.17, 15) is 23.4 Å². The fourth-order valence-corrected chi connectivity index (χ4v) is 5.47. The zero-order valence-corrected chi connectivity index (χ0v) is 20.9. The Bertz CT molecular complexity index is 1210. The molecule has 0 radical (unpaired) electrons. The fraction of sp³-hybridized carbons (Fsp3) is 0.423. The number of benzene rings is 2. The van der Waals surface area contributed by atoms with Crippen LogP contribution in [0.2, 0.25) is 0 Å². The van der Waals surface area contributed by atoms with Crippen LogP contribution in [0.15, 0.2) is 54.7 Å². The maximum Gasteiger partial charge on any atom is 0.255 e. The molecule has 9 heteroatoms. The van der Waals surface area contributed by atoms with Crippen molar-refractivity contribution in [2.24, 2.45) is 0 Å². The van der Waals surface area contributed by atoms with Gasteiger partial charge in [-0.25, -0.2) is 13.1 Å². The number of aromatic amines is 1. The van der Waals surface area contributed by atoms with Crippen LogP contribution in [-0.2, 0) is 10.0 Å². The molecule has 0 saturated heterocycles. The van der Waals surface area contributed by atoms with Gasteiger partial charge < -0.3 is 20.5 Å². The van der Waals surface area contributed by atoms with Gasteiger partial charge in [-0.05, 0) is 24.6 Å². The van der Waals surface area contributed by atoms with E-state index in [0.717, 1.165) is 43.0 Å². The summed E-state index contributed by atoms with van der Waals surface area (Å²) in [7, 11) is -3.70. The van der Waals surface area contributed by atoms with Crippen molar-refractivity contribution in [3.8, 4) is 5.75 Å². The van der Waals surface area contributed by atoms with Crippen LogP contribution in [0.3, 0.4) is 0 Å². The summed E-state index contributed by atoms with van der Waals surface area (Å²) in [5, 5.41) is 24.6. The predicted octanol–water partition coefficient (Wildman–Crippen LogP) is 3.99. The summed E-state index contributed by atoms with van der Waals surface area (Å²) >= 11 is 0. The van der Waals surface area contributed by atoms with Crippen molar-refractivity contribution in [1.82, 2.24) is 15.0 Å². The number of aliphatic hydroxyl groups is 1. The highest BCUT2D eigenvalue weighted by atomic mass is 32.2. The third-order valence-electron chi connectivity index (χ3n) is 6.05. The first kappa shape index (κ1) is 26.7. The molecule has 0 aliphatic rings. The number of aliphatic hydroxyl groups excluding tert-OH is 1.